The van der Waals surface area contributed by atoms with Gasteiger partial charge in [0.25, 0.3) is 0 Å². The lowest BCUT2D eigenvalue weighted by atomic mass is 9.68. The fraction of sp³-hybridized carbons (Fsp3) is 0.536. The quantitative estimate of drug-likeness (QED) is 0.461. The third-order valence-electron chi connectivity index (χ3n) is 8.99. The predicted molar refractivity (Wildman–Crippen MR) is 141 cm³/mol. The normalized spacial score (nSPS) is 26.4. The van der Waals surface area contributed by atoms with Gasteiger partial charge in [0.2, 0.25) is 0 Å². The molecule has 6 nitrogen and oxygen atoms in total. The van der Waals surface area contributed by atoms with Crippen LogP contribution in [-0.2, 0) is 28.2 Å². The van der Waals surface area contributed by atoms with Crippen molar-refractivity contribution >= 4 is 22.4 Å². The van der Waals surface area contributed by atoms with Crippen LogP contribution in [0.5, 0.6) is 0 Å². The van der Waals surface area contributed by atoms with Crippen molar-refractivity contribution in [2.75, 3.05) is 25.0 Å². The Morgan fingerprint density at radius 1 is 1.03 bits per heavy atom. The molecule has 1 spiro atoms. The van der Waals surface area contributed by atoms with E-state index in [9.17, 15) is 26.4 Å². The van der Waals surface area contributed by atoms with Gasteiger partial charge in [0.1, 0.15) is 10.7 Å². The van der Waals surface area contributed by atoms with Crippen molar-refractivity contribution in [3.63, 3.8) is 0 Å². The number of rotatable bonds is 7. The number of thiol groups is 1. The van der Waals surface area contributed by atoms with E-state index in [1.165, 1.54) is 16.5 Å². The van der Waals surface area contributed by atoms with Crippen LogP contribution >= 0.6 is 0 Å². The SMILES string of the molecule is CNC1(c2ccccc2)CCC2(CC1)CN(c1ccc(C(F)(F)F)cc1C[SH](=O)=O)C(=O)N2CC1CCC1. The molecule has 3 aliphatic rings. The molecule has 38 heavy (non-hydrogen) atoms. The van der Waals surface area contributed by atoms with E-state index in [0.717, 1.165) is 57.1 Å². The van der Waals surface area contributed by atoms with Gasteiger partial charge in [-0.2, -0.15) is 13.2 Å². The summed E-state index contributed by atoms with van der Waals surface area (Å²) in [4.78, 5) is 17.4. The third kappa shape index (κ3) is 4.93. The molecule has 2 amide bonds. The summed E-state index contributed by atoms with van der Waals surface area (Å²) in [5.41, 5.74) is -0.123. The highest BCUT2D eigenvalue weighted by atomic mass is 32.2. The molecule has 3 fully saturated rings. The first-order valence-electron chi connectivity index (χ1n) is 13.2. The fourth-order valence-corrected chi connectivity index (χ4v) is 7.02. The number of halogens is 3. The lowest BCUT2D eigenvalue weighted by Crippen LogP contribution is -2.56. The number of nitrogens with one attached hydrogen (secondary N) is 1. The highest BCUT2D eigenvalue weighted by molar-refractivity contribution is 7.71. The van der Waals surface area contributed by atoms with E-state index < -0.39 is 33.7 Å². The standard InChI is InChI=1S/C28H34F3N3O3S/c1-32-27(22-8-3-2-4-9-22)14-12-26(13-15-27)19-33(25(35)34(26)17-20-6-5-7-20)24-11-10-23(28(29,30)31)16-21(24)18-38(36)37/h2-4,8-11,16,20,32,38H,5-7,12-15,17-19H2,1H3. The Kier molecular flexibility index (Phi) is 7.24. The molecular weight excluding hydrogens is 515 g/mol. The van der Waals surface area contributed by atoms with Crippen LogP contribution in [0.4, 0.5) is 23.7 Å². The monoisotopic (exact) mass is 549 g/mol. The smallest absolute Gasteiger partial charge is 0.317 e. The summed E-state index contributed by atoms with van der Waals surface area (Å²) < 4.78 is 63.5. The Morgan fingerprint density at radius 3 is 2.26 bits per heavy atom. The molecule has 1 heterocycles. The van der Waals surface area contributed by atoms with Crippen LogP contribution in [0.25, 0.3) is 0 Å². The van der Waals surface area contributed by atoms with Gasteiger partial charge >= 0.3 is 12.2 Å². The highest BCUT2D eigenvalue weighted by Gasteiger charge is 2.54. The second-order valence-electron chi connectivity index (χ2n) is 11.0. The maximum atomic E-state index is 13.9. The van der Waals surface area contributed by atoms with Crippen LogP contribution in [-0.4, -0.2) is 45.0 Å². The molecule has 2 aromatic rings. The molecule has 0 radical (unpaired) electrons. The first kappa shape index (κ1) is 27.0. The second kappa shape index (κ2) is 10.2. The van der Waals surface area contributed by atoms with Crippen LogP contribution < -0.4 is 10.2 Å². The minimum atomic E-state index is -4.61. The number of anilines is 1. The van der Waals surface area contributed by atoms with Crippen LogP contribution in [0, 0.1) is 5.92 Å². The average Bonchev–Trinajstić information content (AvgIpc) is 3.12. The first-order chi connectivity index (χ1) is 18.1. The number of alkyl halides is 3. The van der Waals surface area contributed by atoms with Crippen LogP contribution in [0.3, 0.4) is 0 Å². The van der Waals surface area contributed by atoms with Gasteiger partial charge in [0.05, 0.1) is 23.4 Å². The highest BCUT2D eigenvalue weighted by Crippen LogP contribution is 2.49. The molecule has 1 saturated heterocycles. The Morgan fingerprint density at radius 2 is 1.71 bits per heavy atom. The summed E-state index contributed by atoms with van der Waals surface area (Å²) in [6.45, 7) is 0.958. The topological polar surface area (TPSA) is 69.7 Å². The van der Waals surface area contributed by atoms with Crippen LogP contribution in [0.15, 0.2) is 48.5 Å². The molecular formula is C28H34F3N3O3S. The number of urea groups is 1. The van der Waals surface area contributed by atoms with Gasteiger partial charge in [0.15, 0.2) is 0 Å². The molecule has 2 saturated carbocycles. The van der Waals surface area contributed by atoms with E-state index in [1.807, 2.05) is 30.1 Å². The first-order valence-corrected chi connectivity index (χ1v) is 14.6. The van der Waals surface area contributed by atoms with Gasteiger partial charge in [-0.15, -0.1) is 0 Å². The minimum absolute atomic E-state index is 0.00889. The Labute approximate surface area is 223 Å². The minimum Gasteiger partial charge on any atom is -0.317 e. The molecule has 10 heteroatoms. The van der Waals surface area contributed by atoms with E-state index in [1.54, 1.807) is 0 Å². The molecule has 1 aliphatic heterocycles. The summed E-state index contributed by atoms with van der Waals surface area (Å²) in [5.74, 6) is -0.130. The number of amides is 2. The largest absolute Gasteiger partial charge is 0.416 e. The van der Waals surface area contributed by atoms with Crippen molar-refractivity contribution < 1.29 is 26.4 Å². The molecule has 0 atom stereocenters. The number of hydrogen-bond donors (Lipinski definition) is 2. The lowest BCUT2D eigenvalue weighted by molar-refractivity contribution is -0.137. The van der Waals surface area contributed by atoms with E-state index in [4.69, 9.17) is 0 Å². The average molecular weight is 550 g/mol. The van der Waals surface area contributed by atoms with Crippen LogP contribution in [0.2, 0.25) is 0 Å². The number of carbonyl (C=O) groups excluding carboxylic acids is 1. The molecule has 206 valence electrons. The summed E-state index contributed by atoms with van der Waals surface area (Å²) in [6.07, 6.45) is 1.75. The Hall–Kier alpha value is -2.59. The van der Waals surface area contributed by atoms with Crippen molar-refractivity contribution in [1.29, 1.82) is 0 Å². The molecule has 0 unspecified atom stereocenters. The summed E-state index contributed by atoms with van der Waals surface area (Å²) in [7, 11) is -1.02. The number of nitrogens with zero attached hydrogens (tertiary/aromatic N) is 2. The number of benzene rings is 2. The van der Waals surface area contributed by atoms with Crippen molar-refractivity contribution in [3.8, 4) is 0 Å². The van der Waals surface area contributed by atoms with Crippen molar-refractivity contribution in [2.24, 2.45) is 5.92 Å². The number of carbonyl (C=O) groups is 1. The zero-order valence-electron chi connectivity index (χ0n) is 21.5. The van der Waals surface area contributed by atoms with Gasteiger partial charge in [-0.1, -0.05) is 36.8 Å². The summed E-state index contributed by atoms with van der Waals surface area (Å²) >= 11 is 0. The van der Waals surface area contributed by atoms with Gasteiger partial charge < -0.3 is 10.2 Å². The fourth-order valence-electron chi connectivity index (χ4n) is 6.49. The van der Waals surface area contributed by atoms with Gasteiger partial charge in [-0.25, -0.2) is 13.2 Å². The molecule has 5 rings (SSSR count). The van der Waals surface area contributed by atoms with Crippen molar-refractivity contribution in [3.05, 3.63) is 65.2 Å². The van der Waals surface area contributed by atoms with Gasteiger partial charge in [0, 0.05) is 17.8 Å². The second-order valence-corrected chi connectivity index (χ2v) is 12.0. The van der Waals surface area contributed by atoms with Crippen molar-refractivity contribution in [1.82, 2.24) is 10.2 Å². The van der Waals surface area contributed by atoms with Gasteiger partial charge in [-0.05, 0) is 80.8 Å². The Bertz CT molecular complexity index is 1240. The molecule has 0 bridgehead atoms. The lowest BCUT2D eigenvalue weighted by Gasteiger charge is -2.49. The van der Waals surface area contributed by atoms with E-state index in [2.05, 4.69) is 17.4 Å². The molecule has 1 N–H and O–H groups in total. The zero-order chi connectivity index (χ0) is 27.1. The third-order valence-corrected chi connectivity index (χ3v) is 9.59. The van der Waals surface area contributed by atoms with Crippen LogP contribution in [0.1, 0.15) is 61.6 Å². The Balaban J connectivity index is 1.49. The molecule has 2 aromatic carbocycles. The zero-order valence-corrected chi connectivity index (χ0v) is 22.4. The molecule has 2 aliphatic carbocycles. The molecule has 0 aromatic heterocycles. The van der Waals surface area contributed by atoms with E-state index in [-0.39, 0.29) is 22.8 Å². The maximum absolute atomic E-state index is 13.9. The van der Waals surface area contributed by atoms with Crippen molar-refractivity contribution in [2.45, 2.75) is 68.0 Å². The summed E-state index contributed by atoms with van der Waals surface area (Å²) in [6, 6.07) is 13.1. The number of hydrogen-bond acceptors (Lipinski definition) is 4. The van der Waals surface area contributed by atoms with E-state index in [0.29, 0.717) is 19.0 Å². The summed E-state index contributed by atoms with van der Waals surface area (Å²) in [5, 5.41) is 3.53. The van der Waals surface area contributed by atoms with Gasteiger partial charge in [-0.3, -0.25) is 4.90 Å². The van der Waals surface area contributed by atoms with E-state index >= 15 is 0 Å². The maximum Gasteiger partial charge on any atom is 0.416 e. The predicted octanol–water partition coefficient (Wildman–Crippen LogP) is 5.29.